The standard InChI is InChI=1S/C12H13N3S2/c1-8-14-11(7-17-8)9-3-5-10(6-4-9)15-12(16)13-2/h3-7H,1-2H3,(H2,13,15,16). The summed E-state index contributed by atoms with van der Waals surface area (Å²) in [6.07, 6.45) is 0. The zero-order valence-electron chi connectivity index (χ0n) is 9.65. The summed E-state index contributed by atoms with van der Waals surface area (Å²) in [6.45, 7) is 2.01. The summed E-state index contributed by atoms with van der Waals surface area (Å²) in [5.74, 6) is 0. The van der Waals surface area contributed by atoms with Gasteiger partial charge in [0.1, 0.15) is 0 Å². The second-order valence-electron chi connectivity index (χ2n) is 3.53. The van der Waals surface area contributed by atoms with Gasteiger partial charge in [-0.3, -0.25) is 0 Å². The largest absolute Gasteiger partial charge is 0.366 e. The van der Waals surface area contributed by atoms with E-state index < -0.39 is 0 Å². The second-order valence-corrected chi connectivity index (χ2v) is 5.00. The monoisotopic (exact) mass is 263 g/mol. The molecule has 0 unspecified atom stereocenters. The van der Waals surface area contributed by atoms with E-state index in [4.69, 9.17) is 12.2 Å². The van der Waals surface area contributed by atoms with E-state index in [2.05, 4.69) is 21.0 Å². The molecular weight excluding hydrogens is 250 g/mol. The van der Waals surface area contributed by atoms with Crippen molar-refractivity contribution < 1.29 is 0 Å². The summed E-state index contributed by atoms with van der Waals surface area (Å²) in [6, 6.07) is 8.06. The Hall–Kier alpha value is -1.46. The van der Waals surface area contributed by atoms with Gasteiger partial charge in [-0.2, -0.15) is 0 Å². The Morgan fingerprint density at radius 3 is 2.53 bits per heavy atom. The van der Waals surface area contributed by atoms with E-state index in [1.807, 2.05) is 31.2 Å². The number of anilines is 1. The molecule has 2 rings (SSSR count). The maximum Gasteiger partial charge on any atom is 0.170 e. The van der Waals surface area contributed by atoms with E-state index in [9.17, 15) is 0 Å². The fourth-order valence-electron chi connectivity index (χ4n) is 1.41. The maximum atomic E-state index is 5.03. The zero-order valence-corrected chi connectivity index (χ0v) is 11.3. The molecule has 3 nitrogen and oxygen atoms in total. The van der Waals surface area contributed by atoms with Crippen LogP contribution in [0.1, 0.15) is 5.01 Å². The molecule has 0 aliphatic carbocycles. The van der Waals surface area contributed by atoms with Gasteiger partial charge in [-0.25, -0.2) is 4.98 Å². The quantitative estimate of drug-likeness (QED) is 0.817. The predicted octanol–water partition coefficient (Wildman–Crippen LogP) is 3.03. The number of thiazole rings is 1. The van der Waals surface area contributed by atoms with Crippen molar-refractivity contribution in [1.29, 1.82) is 0 Å². The lowest BCUT2D eigenvalue weighted by Crippen LogP contribution is -2.23. The first-order valence-electron chi connectivity index (χ1n) is 5.20. The van der Waals surface area contributed by atoms with Gasteiger partial charge in [-0.15, -0.1) is 11.3 Å². The molecule has 0 aliphatic rings. The fourth-order valence-corrected chi connectivity index (χ4v) is 2.15. The molecule has 0 atom stereocenters. The molecule has 17 heavy (non-hydrogen) atoms. The highest BCUT2D eigenvalue weighted by atomic mass is 32.1. The summed E-state index contributed by atoms with van der Waals surface area (Å²) in [4.78, 5) is 4.45. The molecule has 88 valence electrons. The first kappa shape index (κ1) is 12.0. The second kappa shape index (κ2) is 5.25. The molecule has 0 saturated carbocycles. The first-order chi connectivity index (χ1) is 8.19. The summed E-state index contributed by atoms with van der Waals surface area (Å²) < 4.78 is 0. The van der Waals surface area contributed by atoms with Crippen molar-refractivity contribution >= 4 is 34.4 Å². The number of benzene rings is 1. The Labute approximate surface area is 110 Å². The number of aromatic nitrogens is 1. The number of nitrogens with one attached hydrogen (secondary N) is 2. The first-order valence-corrected chi connectivity index (χ1v) is 6.49. The Kier molecular flexibility index (Phi) is 3.71. The van der Waals surface area contributed by atoms with E-state index in [1.165, 1.54) is 0 Å². The third-order valence-electron chi connectivity index (χ3n) is 2.28. The van der Waals surface area contributed by atoms with Crippen molar-refractivity contribution in [3.05, 3.63) is 34.7 Å². The van der Waals surface area contributed by atoms with Gasteiger partial charge in [0.2, 0.25) is 0 Å². The van der Waals surface area contributed by atoms with Gasteiger partial charge in [-0.1, -0.05) is 12.1 Å². The predicted molar refractivity (Wildman–Crippen MR) is 77.6 cm³/mol. The molecule has 1 heterocycles. The number of hydrogen-bond donors (Lipinski definition) is 2. The van der Waals surface area contributed by atoms with E-state index in [1.54, 1.807) is 18.4 Å². The highest BCUT2D eigenvalue weighted by Crippen LogP contribution is 2.22. The van der Waals surface area contributed by atoms with Gasteiger partial charge in [0, 0.05) is 23.7 Å². The van der Waals surface area contributed by atoms with Gasteiger partial charge in [0.05, 0.1) is 10.7 Å². The summed E-state index contributed by atoms with van der Waals surface area (Å²) in [7, 11) is 1.79. The Morgan fingerprint density at radius 1 is 1.29 bits per heavy atom. The molecule has 1 aromatic heterocycles. The van der Waals surface area contributed by atoms with Gasteiger partial charge in [0.15, 0.2) is 5.11 Å². The van der Waals surface area contributed by atoms with Crippen LogP contribution in [0, 0.1) is 6.92 Å². The summed E-state index contributed by atoms with van der Waals surface area (Å²) in [5.41, 5.74) is 3.12. The minimum absolute atomic E-state index is 0.613. The Bertz CT molecular complexity index is 517. The van der Waals surface area contributed by atoms with Crippen molar-refractivity contribution in [3.63, 3.8) is 0 Å². The molecule has 0 spiro atoms. The van der Waals surface area contributed by atoms with Crippen LogP contribution < -0.4 is 10.6 Å². The zero-order chi connectivity index (χ0) is 12.3. The van der Waals surface area contributed by atoms with Crippen LogP contribution >= 0.6 is 23.6 Å². The highest BCUT2D eigenvalue weighted by molar-refractivity contribution is 7.80. The molecule has 0 aliphatic heterocycles. The molecule has 0 radical (unpaired) electrons. The lowest BCUT2D eigenvalue weighted by Gasteiger charge is -2.07. The third-order valence-corrected chi connectivity index (χ3v) is 3.36. The lowest BCUT2D eigenvalue weighted by molar-refractivity contribution is 1.20. The molecule has 5 heteroatoms. The molecule has 0 amide bonds. The Balaban J connectivity index is 2.15. The minimum Gasteiger partial charge on any atom is -0.366 e. The number of thiocarbonyl (C=S) groups is 1. The van der Waals surface area contributed by atoms with E-state index >= 15 is 0 Å². The third kappa shape index (κ3) is 3.01. The average Bonchev–Trinajstić information content (AvgIpc) is 2.77. The van der Waals surface area contributed by atoms with Gasteiger partial charge in [0.25, 0.3) is 0 Å². The molecule has 0 saturated heterocycles. The van der Waals surface area contributed by atoms with Crippen LogP contribution in [0.25, 0.3) is 11.3 Å². The van der Waals surface area contributed by atoms with Crippen LogP contribution in [0.4, 0.5) is 5.69 Å². The molecule has 0 fully saturated rings. The van der Waals surface area contributed by atoms with Crippen LogP contribution in [0.3, 0.4) is 0 Å². The normalized spacial score (nSPS) is 10.0. The van der Waals surface area contributed by atoms with Crippen LogP contribution in [0.15, 0.2) is 29.6 Å². The van der Waals surface area contributed by atoms with Crippen molar-refractivity contribution in [2.45, 2.75) is 6.92 Å². The van der Waals surface area contributed by atoms with Gasteiger partial charge >= 0.3 is 0 Å². The fraction of sp³-hybridized carbons (Fsp3) is 0.167. The van der Waals surface area contributed by atoms with Gasteiger partial charge < -0.3 is 10.6 Å². The molecule has 1 aromatic carbocycles. The SMILES string of the molecule is CNC(=S)Nc1ccc(-c2csc(C)n2)cc1. The van der Waals surface area contributed by atoms with Crippen LogP contribution in [-0.4, -0.2) is 17.1 Å². The minimum atomic E-state index is 0.613. The van der Waals surface area contributed by atoms with Crippen molar-refractivity contribution in [2.75, 3.05) is 12.4 Å². The van der Waals surface area contributed by atoms with Crippen molar-refractivity contribution in [1.82, 2.24) is 10.3 Å². The van der Waals surface area contributed by atoms with Crippen molar-refractivity contribution in [2.24, 2.45) is 0 Å². The van der Waals surface area contributed by atoms with Crippen molar-refractivity contribution in [3.8, 4) is 11.3 Å². The molecule has 2 N–H and O–H groups in total. The smallest absolute Gasteiger partial charge is 0.170 e. The lowest BCUT2D eigenvalue weighted by atomic mass is 10.1. The topological polar surface area (TPSA) is 37.0 Å². The summed E-state index contributed by atoms with van der Waals surface area (Å²) in [5, 5.41) is 9.71. The highest BCUT2D eigenvalue weighted by Gasteiger charge is 2.02. The molecular formula is C12H13N3S2. The molecule has 0 bridgehead atoms. The number of rotatable bonds is 2. The summed E-state index contributed by atoms with van der Waals surface area (Å²) >= 11 is 6.69. The van der Waals surface area contributed by atoms with Gasteiger partial charge in [-0.05, 0) is 31.3 Å². The number of nitrogens with zero attached hydrogens (tertiary/aromatic N) is 1. The van der Waals surface area contributed by atoms with E-state index in [-0.39, 0.29) is 0 Å². The molecule has 2 aromatic rings. The van der Waals surface area contributed by atoms with Crippen LogP contribution in [-0.2, 0) is 0 Å². The maximum absolute atomic E-state index is 5.03. The Morgan fingerprint density at radius 2 is 2.00 bits per heavy atom. The van der Waals surface area contributed by atoms with E-state index in [0.29, 0.717) is 5.11 Å². The number of hydrogen-bond acceptors (Lipinski definition) is 3. The van der Waals surface area contributed by atoms with Crippen LogP contribution in [0.5, 0.6) is 0 Å². The average molecular weight is 263 g/mol. The van der Waals surface area contributed by atoms with Crippen LogP contribution in [0.2, 0.25) is 0 Å². The number of aryl methyl sites for hydroxylation is 1. The van der Waals surface area contributed by atoms with E-state index in [0.717, 1.165) is 22.0 Å².